The van der Waals surface area contributed by atoms with Gasteiger partial charge < -0.3 is 0 Å². The monoisotopic (exact) mass is 797 g/mol. The minimum atomic E-state index is 0.559. The molecular formula is C58H100. The normalized spacial score (nSPS) is 52.9. The first-order chi connectivity index (χ1) is 27.3. The molecule has 14 fully saturated rings. The molecular weight excluding hydrogens is 697 g/mol. The summed E-state index contributed by atoms with van der Waals surface area (Å²) < 4.78 is 0. The molecule has 0 aromatic carbocycles. The van der Waals surface area contributed by atoms with E-state index in [1.54, 1.807) is 122 Å². The molecule has 58 heavy (non-hydrogen) atoms. The molecule has 0 saturated heterocycles. The van der Waals surface area contributed by atoms with Crippen LogP contribution in [0.5, 0.6) is 0 Å². The van der Waals surface area contributed by atoms with E-state index >= 15 is 0 Å². The van der Waals surface area contributed by atoms with Crippen LogP contribution in [0.25, 0.3) is 0 Å². The Morgan fingerprint density at radius 2 is 0.879 bits per heavy atom. The third-order valence-corrected chi connectivity index (χ3v) is 24.0. The predicted octanol–water partition coefficient (Wildman–Crippen LogP) is 17.6. The molecule has 0 N–H and O–H groups in total. The smallest absolute Gasteiger partial charge is 0.0241 e. The summed E-state index contributed by atoms with van der Waals surface area (Å²) >= 11 is 0. The van der Waals surface area contributed by atoms with Crippen molar-refractivity contribution < 1.29 is 0 Å². The summed E-state index contributed by atoms with van der Waals surface area (Å²) in [6.07, 6.45) is 40.2. The van der Waals surface area contributed by atoms with Gasteiger partial charge in [-0.3, -0.25) is 0 Å². The molecule has 332 valence electrons. The van der Waals surface area contributed by atoms with Gasteiger partial charge in [0.05, 0.1) is 0 Å². The second-order valence-corrected chi connectivity index (χ2v) is 28.7. The van der Waals surface area contributed by atoms with Crippen molar-refractivity contribution in [3.63, 3.8) is 0 Å². The Morgan fingerprint density at radius 3 is 1.29 bits per heavy atom. The van der Waals surface area contributed by atoms with Crippen molar-refractivity contribution in [1.29, 1.82) is 0 Å². The van der Waals surface area contributed by atoms with Crippen LogP contribution in [0, 0.1) is 121 Å². The molecule has 0 aliphatic heterocycles. The lowest BCUT2D eigenvalue weighted by Crippen LogP contribution is -2.51. The fraction of sp³-hybridized carbons (Fsp3) is 1.00. The van der Waals surface area contributed by atoms with Gasteiger partial charge in [0, 0.05) is 0 Å². The van der Waals surface area contributed by atoms with E-state index in [9.17, 15) is 0 Å². The molecule has 0 heterocycles. The molecule has 0 radical (unpaired) electrons. The second kappa shape index (κ2) is 15.6. The Labute approximate surface area is 362 Å². The van der Waals surface area contributed by atoms with Gasteiger partial charge in [0.15, 0.2) is 0 Å². The van der Waals surface area contributed by atoms with E-state index in [1.165, 1.54) is 56.8 Å². The Hall–Kier alpha value is 0. The third-order valence-electron chi connectivity index (χ3n) is 24.0. The Kier molecular flexibility index (Phi) is 11.6. The van der Waals surface area contributed by atoms with Gasteiger partial charge in [0.25, 0.3) is 0 Å². The molecule has 14 saturated carbocycles. The van der Waals surface area contributed by atoms with Crippen molar-refractivity contribution in [1.82, 2.24) is 0 Å². The van der Waals surface area contributed by atoms with E-state index in [-0.39, 0.29) is 0 Å². The average Bonchev–Trinajstić information content (AvgIpc) is 4.00. The highest BCUT2D eigenvalue weighted by Crippen LogP contribution is 2.68. The molecule has 14 rings (SSSR count). The van der Waals surface area contributed by atoms with Gasteiger partial charge in [-0.1, -0.05) is 115 Å². The largest absolute Gasteiger partial charge is 0.0649 e. The van der Waals surface area contributed by atoms with Gasteiger partial charge in [0.1, 0.15) is 0 Å². The molecule has 14 aliphatic carbocycles. The van der Waals surface area contributed by atoms with Crippen molar-refractivity contribution in [3.8, 4) is 0 Å². The minimum absolute atomic E-state index is 0.559. The van der Waals surface area contributed by atoms with Crippen LogP contribution in [0.15, 0.2) is 0 Å². The number of hydrogen-bond donors (Lipinski definition) is 0. The van der Waals surface area contributed by atoms with Gasteiger partial charge in [-0.2, -0.15) is 0 Å². The lowest BCUT2D eigenvalue weighted by molar-refractivity contribution is -0.113. The molecule has 0 heteroatoms. The molecule has 0 nitrogen and oxygen atoms in total. The summed E-state index contributed by atoms with van der Waals surface area (Å²) in [6.45, 7) is 27.2. The Balaban J connectivity index is 0.0000000947. The second-order valence-electron chi connectivity index (χ2n) is 28.7. The predicted molar refractivity (Wildman–Crippen MR) is 249 cm³/mol. The minimum Gasteiger partial charge on any atom is -0.0649 e. The van der Waals surface area contributed by atoms with Crippen molar-refractivity contribution in [2.24, 2.45) is 121 Å². The Morgan fingerprint density at radius 1 is 0.397 bits per heavy atom. The standard InChI is InChI=1S/C14H24.C13H22.C12H20.C10H18.C9H16/c1-13(2,3)14-7-10-4-11(8-14)6-12(5-10)9-14;1-3-13(2)8-9-7-12(13)11-6-4-5-10(9)11;1-12(2)7-8-6-11(12)10-5-3-4-9(8)10;1-3-10(2)7-8-4-5-9(10)6-8;1-9(2)6-7-3-4-8(9)5-7/h10-12H,4-9H2,1-3H3;9-12H,3-8H2,1-2H3;8-11H,3-7H2,1-2H3;8-9H,3-7H2,1-2H3;7-8H,3-6H2,1-2H3. The maximum atomic E-state index is 2.56. The summed E-state index contributed by atoms with van der Waals surface area (Å²) in [5, 5.41) is 0. The highest BCUT2D eigenvalue weighted by Gasteiger charge is 2.59. The van der Waals surface area contributed by atoms with E-state index in [2.05, 4.69) is 76.2 Å². The Bertz CT molecular complexity index is 1390. The topological polar surface area (TPSA) is 0 Å². The van der Waals surface area contributed by atoms with Crippen molar-refractivity contribution in [2.75, 3.05) is 0 Å². The SMILES string of the molecule is CC(C)(C)C12CC3CC(CC(C3)C1)C2.CC1(C)CC2CC1C1CCCC21.CC1(C)CC2CCC1C2.CCC1(C)CC2CC1C1CCCC21.CCC1(C)CC2CCC1C2. The molecule has 12 bridgehead atoms. The quantitative estimate of drug-likeness (QED) is 0.261. The fourth-order valence-electron chi connectivity index (χ4n) is 20.8. The van der Waals surface area contributed by atoms with Crippen LogP contribution in [0.4, 0.5) is 0 Å². The maximum Gasteiger partial charge on any atom is -0.0241 e. The fourth-order valence-corrected chi connectivity index (χ4v) is 20.8. The number of hydrogen-bond acceptors (Lipinski definition) is 0. The summed E-state index contributed by atoms with van der Waals surface area (Å²) in [5.74, 6) is 16.9. The van der Waals surface area contributed by atoms with Crippen molar-refractivity contribution in [3.05, 3.63) is 0 Å². The van der Waals surface area contributed by atoms with Gasteiger partial charge in [-0.25, -0.2) is 0 Å². The zero-order valence-corrected chi connectivity index (χ0v) is 41.0. The van der Waals surface area contributed by atoms with E-state index in [1.807, 2.05) is 0 Å². The van der Waals surface area contributed by atoms with Gasteiger partial charge in [0.2, 0.25) is 0 Å². The van der Waals surface area contributed by atoms with E-state index in [4.69, 9.17) is 0 Å². The third kappa shape index (κ3) is 7.73. The van der Waals surface area contributed by atoms with Gasteiger partial charge in [-0.05, 0) is 250 Å². The number of fused-ring (bicyclic) bond motifs is 14. The zero-order chi connectivity index (χ0) is 41.0. The van der Waals surface area contributed by atoms with Gasteiger partial charge in [-0.15, -0.1) is 0 Å². The zero-order valence-electron chi connectivity index (χ0n) is 41.0. The van der Waals surface area contributed by atoms with Gasteiger partial charge >= 0.3 is 0 Å². The number of rotatable bonds is 2. The van der Waals surface area contributed by atoms with E-state index < -0.39 is 0 Å². The first-order valence-corrected chi connectivity index (χ1v) is 27.3. The highest BCUT2D eigenvalue weighted by atomic mass is 14.6. The highest BCUT2D eigenvalue weighted by molar-refractivity contribution is 5.09. The molecule has 0 spiro atoms. The van der Waals surface area contributed by atoms with E-state index in [0.29, 0.717) is 16.2 Å². The molecule has 14 aliphatic rings. The summed E-state index contributed by atoms with van der Waals surface area (Å²) in [7, 11) is 0. The summed E-state index contributed by atoms with van der Waals surface area (Å²) in [6, 6.07) is 0. The molecule has 0 aromatic rings. The van der Waals surface area contributed by atoms with E-state index in [0.717, 1.165) is 93.2 Å². The lowest BCUT2D eigenvalue weighted by atomic mass is 9.43. The first-order valence-electron chi connectivity index (χ1n) is 27.3. The van der Waals surface area contributed by atoms with Crippen LogP contribution in [-0.2, 0) is 0 Å². The summed E-state index contributed by atoms with van der Waals surface area (Å²) in [4.78, 5) is 0. The van der Waals surface area contributed by atoms with Crippen molar-refractivity contribution >= 4 is 0 Å². The molecule has 0 aromatic heterocycles. The van der Waals surface area contributed by atoms with Crippen LogP contribution in [0.1, 0.15) is 243 Å². The molecule has 14 unspecified atom stereocenters. The summed E-state index contributed by atoms with van der Waals surface area (Å²) in [5.41, 5.74) is 4.21. The van der Waals surface area contributed by atoms with Crippen LogP contribution >= 0.6 is 0 Å². The van der Waals surface area contributed by atoms with Crippen LogP contribution < -0.4 is 0 Å². The maximum absolute atomic E-state index is 2.56. The molecule has 0 amide bonds. The van der Waals surface area contributed by atoms with Crippen LogP contribution in [0.2, 0.25) is 0 Å². The van der Waals surface area contributed by atoms with Crippen LogP contribution in [-0.4, -0.2) is 0 Å². The average molecular weight is 797 g/mol. The lowest BCUT2D eigenvalue weighted by Gasteiger charge is -2.62. The van der Waals surface area contributed by atoms with Crippen LogP contribution in [0.3, 0.4) is 0 Å². The van der Waals surface area contributed by atoms with Crippen molar-refractivity contribution in [2.45, 2.75) is 243 Å². The molecule has 14 atom stereocenters. The first kappa shape index (κ1) is 43.3.